The largest absolute Gasteiger partial charge is 0.493 e. The summed E-state index contributed by atoms with van der Waals surface area (Å²) in [5.41, 5.74) is 3.60. The number of rotatable bonds is 4. The topological polar surface area (TPSA) is 80.3 Å². The first-order valence-electron chi connectivity index (χ1n) is 11.5. The number of fused-ring (bicyclic) bond motifs is 4. The third-order valence-corrected chi connectivity index (χ3v) is 6.60. The second-order valence-electron chi connectivity index (χ2n) is 8.65. The Morgan fingerprint density at radius 2 is 1.78 bits per heavy atom. The highest BCUT2D eigenvalue weighted by molar-refractivity contribution is 6.15. The first kappa shape index (κ1) is 22.0. The molecule has 1 atom stereocenters. The van der Waals surface area contributed by atoms with Crippen molar-refractivity contribution in [3.63, 3.8) is 0 Å². The molecule has 0 fully saturated rings. The predicted octanol–water partition coefficient (Wildman–Crippen LogP) is 5.19. The summed E-state index contributed by atoms with van der Waals surface area (Å²) in [4.78, 5) is 25.8. The molecule has 0 aliphatic carbocycles. The van der Waals surface area contributed by atoms with Gasteiger partial charge in [0.1, 0.15) is 23.9 Å². The van der Waals surface area contributed by atoms with E-state index in [1.54, 1.807) is 38.5 Å². The van der Waals surface area contributed by atoms with Crippen molar-refractivity contribution in [1.29, 1.82) is 0 Å². The van der Waals surface area contributed by atoms with E-state index in [1.807, 2.05) is 42.5 Å². The Morgan fingerprint density at radius 3 is 2.61 bits per heavy atom. The van der Waals surface area contributed by atoms with E-state index in [1.165, 1.54) is 0 Å². The zero-order valence-corrected chi connectivity index (χ0v) is 19.7. The predicted molar refractivity (Wildman–Crippen MR) is 132 cm³/mol. The third-order valence-electron chi connectivity index (χ3n) is 6.60. The summed E-state index contributed by atoms with van der Waals surface area (Å²) in [6.07, 6.45) is 3.81. The van der Waals surface area contributed by atoms with Crippen molar-refractivity contribution in [1.82, 2.24) is 0 Å². The summed E-state index contributed by atoms with van der Waals surface area (Å²) in [5.74, 6) is 1.84. The average Bonchev–Trinajstić information content (AvgIpc) is 3.22. The van der Waals surface area contributed by atoms with Crippen LogP contribution in [-0.4, -0.2) is 32.6 Å². The van der Waals surface area contributed by atoms with Crippen molar-refractivity contribution in [3.8, 4) is 28.7 Å². The Balaban J connectivity index is 1.44. The number of hydrogen-bond acceptors (Lipinski definition) is 7. The number of allylic oxidation sites excluding steroid dienone is 1. The molecule has 180 valence electrons. The lowest BCUT2D eigenvalue weighted by atomic mass is 9.83. The molecular weight excluding hydrogens is 460 g/mol. The summed E-state index contributed by atoms with van der Waals surface area (Å²) >= 11 is 0. The molecule has 3 aliphatic rings. The van der Waals surface area contributed by atoms with Gasteiger partial charge in [-0.1, -0.05) is 30.3 Å². The van der Waals surface area contributed by atoms with Crippen LogP contribution in [0.25, 0.3) is 12.2 Å². The van der Waals surface area contributed by atoms with Gasteiger partial charge in [0.15, 0.2) is 17.3 Å². The molecule has 0 saturated heterocycles. The van der Waals surface area contributed by atoms with Crippen molar-refractivity contribution in [2.45, 2.75) is 12.3 Å². The van der Waals surface area contributed by atoms with E-state index in [0.717, 1.165) is 16.9 Å². The minimum Gasteiger partial charge on any atom is -0.493 e. The normalized spacial score (nSPS) is 18.8. The van der Waals surface area contributed by atoms with E-state index in [4.69, 9.17) is 23.7 Å². The maximum absolute atomic E-state index is 13.3. The fraction of sp³-hybridized carbons (Fsp3) is 0.172. The van der Waals surface area contributed by atoms with Crippen LogP contribution in [0.4, 0.5) is 0 Å². The van der Waals surface area contributed by atoms with Gasteiger partial charge in [-0.15, -0.1) is 0 Å². The van der Waals surface area contributed by atoms with Gasteiger partial charge in [0.05, 0.1) is 26.2 Å². The zero-order valence-electron chi connectivity index (χ0n) is 19.7. The third kappa shape index (κ3) is 3.51. The highest BCUT2D eigenvalue weighted by Gasteiger charge is 2.40. The molecule has 7 nitrogen and oxygen atoms in total. The van der Waals surface area contributed by atoms with Crippen LogP contribution in [0, 0.1) is 0 Å². The maximum atomic E-state index is 13.3. The number of benzene rings is 3. The quantitative estimate of drug-likeness (QED) is 0.288. The highest BCUT2D eigenvalue weighted by atomic mass is 16.5. The fourth-order valence-electron chi connectivity index (χ4n) is 4.92. The van der Waals surface area contributed by atoms with Gasteiger partial charge < -0.3 is 23.7 Å². The Kier molecular flexibility index (Phi) is 5.25. The van der Waals surface area contributed by atoms with Gasteiger partial charge in [0, 0.05) is 22.6 Å². The van der Waals surface area contributed by atoms with Gasteiger partial charge >= 0.3 is 5.97 Å². The standard InChI is InChI=1S/C29H22O7/c1-32-23-9-5-7-17(28(23)33-2)13-24-27(31)19-10-11-22-26(29(19)36-24)20(14-25(30)35-22)18-12-16-6-3-4-8-21(16)34-15-18/h3-13,20H,14-15H2,1-2H3/b24-13-/t20-/m1/s1. The molecule has 3 heterocycles. The maximum Gasteiger partial charge on any atom is 0.312 e. The van der Waals surface area contributed by atoms with Gasteiger partial charge in [-0.05, 0) is 42.0 Å². The number of methoxy groups -OCH3 is 2. The molecule has 0 spiro atoms. The number of esters is 1. The van der Waals surface area contributed by atoms with E-state index in [2.05, 4.69) is 0 Å². The van der Waals surface area contributed by atoms with E-state index in [0.29, 0.717) is 46.3 Å². The van der Waals surface area contributed by atoms with Crippen LogP contribution < -0.4 is 23.7 Å². The number of carbonyl (C=O) groups excluding carboxylic acids is 2. The van der Waals surface area contributed by atoms with E-state index in [9.17, 15) is 9.59 Å². The van der Waals surface area contributed by atoms with E-state index >= 15 is 0 Å². The van der Waals surface area contributed by atoms with Crippen molar-refractivity contribution >= 4 is 23.9 Å². The number of Topliss-reactive ketones (excluding diaryl/α,β-unsaturated/α-hetero) is 1. The lowest BCUT2D eigenvalue weighted by Crippen LogP contribution is -2.24. The average molecular weight is 482 g/mol. The molecule has 6 rings (SSSR count). The van der Waals surface area contributed by atoms with Crippen molar-refractivity contribution < 1.29 is 33.3 Å². The second kappa shape index (κ2) is 8.61. The number of para-hydroxylation sites is 2. The molecule has 36 heavy (non-hydrogen) atoms. The minimum absolute atomic E-state index is 0.126. The lowest BCUT2D eigenvalue weighted by molar-refractivity contribution is -0.135. The first-order chi connectivity index (χ1) is 17.6. The molecule has 0 saturated carbocycles. The van der Waals surface area contributed by atoms with Crippen LogP contribution >= 0.6 is 0 Å². The molecule has 7 heteroatoms. The van der Waals surface area contributed by atoms with E-state index < -0.39 is 0 Å². The highest BCUT2D eigenvalue weighted by Crippen LogP contribution is 2.50. The van der Waals surface area contributed by atoms with Crippen LogP contribution in [0.3, 0.4) is 0 Å². The number of ether oxygens (including phenoxy) is 5. The fourth-order valence-corrected chi connectivity index (χ4v) is 4.92. The molecule has 0 radical (unpaired) electrons. The van der Waals surface area contributed by atoms with Crippen LogP contribution in [0.5, 0.6) is 28.7 Å². The van der Waals surface area contributed by atoms with Gasteiger partial charge in [-0.25, -0.2) is 0 Å². The Morgan fingerprint density at radius 1 is 0.917 bits per heavy atom. The summed E-state index contributed by atoms with van der Waals surface area (Å²) in [5, 5.41) is 0. The number of ketones is 1. The van der Waals surface area contributed by atoms with Gasteiger partial charge in [0.25, 0.3) is 0 Å². The molecule has 0 unspecified atom stereocenters. The van der Waals surface area contributed by atoms with E-state index in [-0.39, 0.29) is 29.9 Å². The second-order valence-corrected chi connectivity index (χ2v) is 8.65. The van der Waals surface area contributed by atoms with Gasteiger partial charge in [0.2, 0.25) is 5.78 Å². The molecule has 0 aromatic heterocycles. The molecule has 3 aromatic carbocycles. The molecule has 0 N–H and O–H groups in total. The summed E-state index contributed by atoms with van der Waals surface area (Å²) in [6.45, 7) is 0.329. The summed E-state index contributed by atoms with van der Waals surface area (Å²) in [6, 6.07) is 16.4. The Labute approximate surface area is 207 Å². The summed E-state index contributed by atoms with van der Waals surface area (Å²) in [7, 11) is 3.09. The molecular formula is C29H22O7. The Hall–Kier alpha value is -4.52. The smallest absolute Gasteiger partial charge is 0.312 e. The van der Waals surface area contributed by atoms with Gasteiger partial charge in [-0.2, -0.15) is 0 Å². The first-order valence-corrected chi connectivity index (χ1v) is 11.5. The molecule has 3 aliphatic heterocycles. The minimum atomic E-state index is -0.344. The van der Waals surface area contributed by atoms with Gasteiger partial charge in [-0.3, -0.25) is 9.59 Å². The molecule has 3 aromatic rings. The van der Waals surface area contributed by atoms with Crippen LogP contribution in [-0.2, 0) is 4.79 Å². The SMILES string of the molecule is COc1cccc(/C=C2\Oc3c(ccc4c3[C@@H](C3=Cc5ccccc5OC3)CC(=O)O4)C2=O)c1OC. The van der Waals surface area contributed by atoms with Crippen LogP contribution in [0.15, 0.2) is 65.9 Å². The van der Waals surface area contributed by atoms with Crippen LogP contribution in [0.1, 0.15) is 39.4 Å². The summed E-state index contributed by atoms with van der Waals surface area (Å²) < 4.78 is 28.6. The molecule has 0 bridgehead atoms. The number of carbonyl (C=O) groups is 2. The number of hydrogen-bond donors (Lipinski definition) is 0. The van der Waals surface area contributed by atoms with Crippen molar-refractivity contribution in [2.75, 3.05) is 20.8 Å². The van der Waals surface area contributed by atoms with Crippen molar-refractivity contribution in [2.24, 2.45) is 0 Å². The monoisotopic (exact) mass is 482 g/mol. The lowest BCUT2D eigenvalue weighted by Gasteiger charge is -2.30. The van der Waals surface area contributed by atoms with Crippen molar-refractivity contribution in [3.05, 3.63) is 88.2 Å². The molecule has 0 amide bonds. The Bertz CT molecular complexity index is 1480. The van der Waals surface area contributed by atoms with Crippen LogP contribution in [0.2, 0.25) is 0 Å². The zero-order chi connectivity index (χ0) is 24.8.